The van der Waals surface area contributed by atoms with Crippen molar-refractivity contribution in [2.45, 2.75) is 13.5 Å². The van der Waals surface area contributed by atoms with Crippen LogP contribution in [0.3, 0.4) is 0 Å². The number of aromatic nitrogens is 2. The van der Waals surface area contributed by atoms with Gasteiger partial charge in [0.15, 0.2) is 5.82 Å². The second-order valence-corrected chi connectivity index (χ2v) is 5.63. The average molecular weight is 336 g/mol. The van der Waals surface area contributed by atoms with Gasteiger partial charge in [-0.15, -0.1) is 0 Å². The second kappa shape index (κ2) is 7.53. The zero-order valence-corrected chi connectivity index (χ0v) is 14.2. The summed E-state index contributed by atoms with van der Waals surface area (Å²) in [6.45, 7) is 2.73. The maximum atomic E-state index is 12.1. The normalized spacial score (nSPS) is 10.3. The molecule has 6 heteroatoms. The van der Waals surface area contributed by atoms with Crippen molar-refractivity contribution >= 4 is 17.5 Å². The molecule has 1 heterocycles. The number of methoxy groups -OCH3 is 1. The molecule has 0 spiro atoms. The van der Waals surface area contributed by atoms with Gasteiger partial charge in [-0.2, -0.15) is 5.10 Å². The Bertz CT molecular complexity index is 856. The number of rotatable bonds is 5. The first-order chi connectivity index (χ1) is 12.1. The second-order valence-electron chi connectivity index (χ2n) is 5.63. The number of hydrogen-bond donors (Lipinski definition) is 2. The number of anilines is 2. The van der Waals surface area contributed by atoms with Crippen LogP contribution in [0.2, 0.25) is 0 Å². The Labute approximate surface area is 146 Å². The summed E-state index contributed by atoms with van der Waals surface area (Å²) in [6.07, 6.45) is 1.84. The van der Waals surface area contributed by atoms with Gasteiger partial charge in [0.1, 0.15) is 5.75 Å². The van der Waals surface area contributed by atoms with Crippen LogP contribution < -0.4 is 15.4 Å². The quantitative estimate of drug-likeness (QED) is 0.743. The molecule has 6 nitrogen and oxygen atoms in total. The maximum Gasteiger partial charge on any atom is 0.324 e. The van der Waals surface area contributed by atoms with Crippen molar-refractivity contribution in [2.75, 3.05) is 17.7 Å². The third-order valence-electron chi connectivity index (χ3n) is 3.82. The van der Waals surface area contributed by atoms with Crippen LogP contribution >= 0.6 is 0 Å². The van der Waals surface area contributed by atoms with E-state index in [1.165, 1.54) is 11.1 Å². The van der Waals surface area contributed by atoms with Crippen LogP contribution in [-0.2, 0) is 6.54 Å². The first-order valence-electron chi connectivity index (χ1n) is 7.94. The maximum absolute atomic E-state index is 12.1. The largest absolute Gasteiger partial charge is 0.497 e. The molecule has 0 bridgehead atoms. The van der Waals surface area contributed by atoms with Gasteiger partial charge in [0.25, 0.3) is 0 Å². The minimum atomic E-state index is -0.341. The van der Waals surface area contributed by atoms with Gasteiger partial charge in [-0.3, -0.25) is 10.00 Å². The van der Waals surface area contributed by atoms with E-state index in [4.69, 9.17) is 4.74 Å². The first-order valence-corrected chi connectivity index (χ1v) is 7.94. The lowest BCUT2D eigenvalue weighted by Crippen LogP contribution is -2.19. The molecule has 0 atom stereocenters. The lowest BCUT2D eigenvalue weighted by Gasteiger charge is -2.07. The molecule has 0 fully saturated rings. The highest BCUT2D eigenvalue weighted by atomic mass is 16.5. The molecule has 2 amide bonds. The topological polar surface area (TPSA) is 68.2 Å². The van der Waals surface area contributed by atoms with Crippen molar-refractivity contribution in [3.8, 4) is 5.75 Å². The molecule has 0 radical (unpaired) electrons. The molecule has 3 aromatic rings. The Hall–Kier alpha value is -3.28. The van der Waals surface area contributed by atoms with Gasteiger partial charge in [-0.1, -0.05) is 24.3 Å². The third-order valence-corrected chi connectivity index (χ3v) is 3.82. The number of ether oxygens (including phenoxy) is 1. The van der Waals surface area contributed by atoms with Gasteiger partial charge < -0.3 is 10.1 Å². The van der Waals surface area contributed by atoms with Gasteiger partial charge in [0.05, 0.1) is 13.7 Å². The number of amides is 2. The van der Waals surface area contributed by atoms with Gasteiger partial charge in [-0.05, 0) is 42.3 Å². The number of hydrogen-bond acceptors (Lipinski definition) is 3. The zero-order valence-electron chi connectivity index (χ0n) is 14.2. The first kappa shape index (κ1) is 16.6. The Morgan fingerprint density at radius 1 is 1.08 bits per heavy atom. The molecule has 2 N–H and O–H groups in total. The molecule has 0 saturated carbocycles. The van der Waals surface area contributed by atoms with Crippen molar-refractivity contribution in [2.24, 2.45) is 0 Å². The van der Waals surface area contributed by atoms with Crippen LogP contribution in [0.5, 0.6) is 5.75 Å². The van der Waals surface area contributed by atoms with E-state index in [0.29, 0.717) is 18.1 Å². The monoisotopic (exact) mass is 336 g/mol. The van der Waals surface area contributed by atoms with Crippen molar-refractivity contribution in [3.05, 3.63) is 71.9 Å². The van der Waals surface area contributed by atoms with Gasteiger partial charge >= 0.3 is 6.03 Å². The molecule has 25 heavy (non-hydrogen) atoms. The lowest BCUT2D eigenvalue weighted by molar-refractivity contribution is 0.262. The molecule has 128 valence electrons. The number of urea groups is 1. The number of nitrogens with one attached hydrogen (secondary N) is 2. The summed E-state index contributed by atoms with van der Waals surface area (Å²) in [5.74, 6) is 1.24. The molecule has 3 rings (SSSR count). The molecule has 0 aliphatic heterocycles. The zero-order chi connectivity index (χ0) is 17.6. The van der Waals surface area contributed by atoms with Crippen LogP contribution in [0.25, 0.3) is 0 Å². The summed E-state index contributed by atoms with van der Waals surface area (Å²) < 4.78 is 6.89. The van der Waals surface area contributed by atoms with Crippen LogP contribution in [0.4, 0.5) is 16.3 Å². The predicted octanol–water partition coefficient (Wildman–Crippen LogP) is 3.89. The van der Waals surface area contributed by atoms with Gasteiger partial charge in [0.2, 0.25) is 0 Å². The minimum absolute atomic E-state index is 0.341. The van der Waals surface area contributed by atoms with Crippen molar-refractivity contribution < 1.29 is 9.53 Å². The average Bonchev–Trinajstić information content (AvgIpc) is 3.04. The SMILES string of the molecule is COc1ccc(NC(=O)Nc2ccn(Cc3ccccc3C)n2)cc1. The Balaban J connectivity index is 1.58. The van der Waals surface area contributed by atoms with E-state index in [1.807, 2.05) is 18.3 Å². The lowest BCUT2D eigenvalue weighted by atomic mass is 10.1. The molecular formula is C19H20N4O2. The van der Waals surface area contributed by atoms with Crippen molar-refractivity contribution in [1.29, 1.82) is 0 Å². The van der Waals surface area contributed by atoms with Gasteiger partial charge in [-0.25, -0.2) is 4.79 Å². The van der Waals surface area contributed by atoms with E-state index in [-0.39, 0.29) is 6.03 Å². The van der Waals surface area contributed by atoms with E-state index in [9.17, 15) is 4.79 Å². The summed E-state index contributed by atoms with van der Waals surface area (Å²) in [4.78, 5) is 12.1. The highest BCUT2D eigenvalue weighted by molar-refractivity contribution is 5.99. The Kier molecular flexibility index (Phi) is 4.99. The molecular weight excluding hydrogens is 316 g/mol. The van der Waals surface area contributed by atoms with Gasteiger partial charge in [0, 0.05) is 18.0 Å². The highest BCUT2D eigenvalue weighted by Crippen LogP contribution is 2.15. The van der Waals surface area contributed by atoms with E-state index < -0.39 is 0 Å². The fourth-order valence-electron chi connectivity index (χ4n) is 2.43. The Morgan fingerprint density at radius 3 is 2.56 bits per heavy atom. The molecule has 1 aromatic heterocycles. The van der Waals surface area contributed by atoms with E-state index in [0.717, 1.165) is 5.75 Å². The standard InChI is InChI=1S/C19H20N4O2/c1-14-5-3-4-6-15(14)13-23-12-11-18(22-23)21-19(24)20-16-7-9-17(25-2)10-8-16/h3-12H,13H2,1-2H3,(H2,20,21,22,24). The summed E-state index contributed by atoms with van der Waals surface area (Å²) in [5.41, 5.74) is 3.09. The predicted molar refractivity (Wildman–Crippen MR) is 98.1 cm³/mol. The number of carbonyl (C=O) groups excluding carboxylic acids is 1. The van der Waals surface area contributed by atoms with Crippen LogP contribution in [-0.4, -0.2) is 22.9 Å². The fourth-order valence-corrected chi connectivity index (χ4v) is 2.43. The summed E-state index contributed by atoms with van der Waals surface area (Å²) in [7, 11) is 1.60. The van der Waals surface area contributed by atoms with Crippen LogP contribution in [0, 0.1) is 6.92 Å². The molecule has 0 unspecified atom stereocenters. The fraction of sp³-hybridized carbons (Fsp3) is 0.158. The number of benzene rings is 2. The summed E-state index contributed by atoms with van der Waals surface area (Å²) in [5, 5.41) is 9.86. The smallest absolute Gasteiger partial charge is 0.324 e. The molecule has 2 aromatic carbocycles. The molecule has 0 saturated heterocycles. The minimum Gasteiger partial charge on any atom is -0.497 e. The summed E-state index contributed by atoms with van der Waals surface area (Å²) >= 11 is 0. The van der Waals surface area contributed by atoms with Crippen molar-refractivity contribution in [1.82, 2.24) is 9.78 Å². The Morgan fingerprint density at radius 2 is 1.84 bits per heavy atom. The van der Waals surface area contributed by atoms with Crippen molar-refractivity contribution in [3.63, 3.8) is 0 Å². The third kappa shape index (κ3) is 4.38. The van der Waals surface area contributed by atoms with E-state index in [2.05, 4.69) is 34.8 Å². The van der Waals surface area contributed by atoms with E-state index in [1.54, 1.807) is 42.1 Å². The summed E-state index contributed by atoms with van der Waals surface area (Å²) in [6, 6.07) is 16.7. The van der Waals surface area contributed by atoms with E-state index >= 15 is 0 Å². The van der Waals surface area contributed by atoms with Crippen LogP contribution in [0.15, 0.2) is 60.8 Å². The highest BCUT2D eigenvalue weighted by Gasteiger charge is 2.06. The van der Waals surface area contributed by atoms with Crippen LogP contribution in [0.1, 0.15) is 11.1 Å². The molecule has 0 aliphatic rings. The number of aryl methyl sites for hydroxylation is 1. The number of carbonyl (C=O) groups is 1. The number of nitrogens with zero attached hydrogens (tertiary/aromatic N) is 2. The molecule has 0 aliphatic carbocycles.